The van der Waals surface area contributed by atoms with Gasteiger partial charge in [0.15, 0.2) is 0 Å². The van der Waals surface area contributed by atoms with Crippen LogP contribution in [0.1, 0.15) is 5.82 Å². The Hall–Kier alpha value is -1.18. The zero-order chi connectivity index (χ0) is 11.5. The van der Waals surface area contributed by atoms with Crippen LogP contribution in [0.15, 0.2) is 24.9 Å². The quantitative estimate of drug-likeness (QED) is 0.800. The van der Waals surface area contributed by atoms with Gasteiger partial charge in [0.05, 0.1) is 10.1 Å². The standard InChI is InChI=1S/C10H12IN5/c1-15-4-3-13-9(15)6-16(2)10-8(11)5-12-7-14-10/h3-5,7H,6H2,1-2H3. The fourth-order valence-corrected chi connectivity index (χ4v) is 2.13. The summed E-state index contributed by atoms with van der Waals surface area (Å²) in [5, 5.41) is 0. The molecule has 2 heterocycles. The van der Waals surface area contributed by atoms with Crippen LogP contribution in [0.4, 0.5) is 5.82 Å². The van der Waals surface area contributed by atoms with Crippen molar-refractivity contribution in [1.29, 1.82) is 0 Å². The smallest absolute Gasteiger partial charge is 0.145 e. The van der Waals surface area contributed by atoms with Crippen LogP contribution in [0, 0.1) is 3.57 Å². The molecule has 2 rings (SSSR count). The van der Waals surface area contributed by atoms with E-state index in [1.165, 1.54) is 0 Å². The average molecular weight is 329 g/mol. The molecule has 5 nitrogen and oxygen atoms in total. The van der Waals surface area contributed by atoms with Crippen LogP contribution in [0.25, 0.3) is 0 Å². The summed E-state index contributed by atoms with van der Waals surface area (Å²) in [5.74, 6) is 1.94. The van der Waals surface area contributed by atoms with Gasteiger partial charge >= 0.3 is 0 Å². The zero-order valence-electron chi connectivity index (χ0n) is 9.13. The molecule has 0 radical (unpaired) electrons. The van der Waals surface area contributed by atoms with Crippen molar-refractivity contribution >= 4 is 28.4 Å². The van der Waals surface area contributed by atoms with Crippen LogP contribution in [0.5, 0.6) is 0 Å². The Labute approximate surface area is 108 Å². The number of anilines is 1. The third-order valence-corrected chi connectivity index (χ3v) is 3.07. The monoisotopic (exact) mass is 329 g/mol. The van der Waals surface area contributed by atoms with E-state index in [0.29, 0.717) is 0 Å². The molecule has 0 bridgehead atoms. The fourth-order valence-electron chi connectivity index (χ4n) is 1.42. The van der Waals surface area contributed by atoms with Crippen molar-refractivity contribution in [2.24, 2.45) is 7.05 Å². The van der Waals surface area contributed by atoms with Crippen LogP contribution >= 0.6 is 22.6 Å². The lowest BCUT2D eigenvalue weighted by atomic mass is 10.4. The molecule has 0 N–H and O–H groups in total. The van der Waals surface area contributed by atoms with Crippen LogP contribution in [0.2, 0.25) is 0 Å². The highest BCUT2D eigenvalue weighted by Crippen LogP contribution is 2.17. The Kier molecular flexibility index (Phi) is 3.37. The van der Waals surface area contributed by atoms with Gasteiger partial charge in [-0.05, 0) is 22.6 Å². The molecule has 0 aliphatic heterocycles. The van der Waals surface area contributed by atoms with E-state index in [2.05, 4.69) is 42.4 Å². The first-order valence-electron chi connectivity index (χ1n) is 4.81. The van der Waals surface area contributed by atoms with E-state index >= 15 is 0 Å². The van der Waals surface area contributed by atoms with Gasteiger partial charge in [-0.2, -0.15) is 0 Å². The molecule has 0 amide bonds. The van der Waals surface area contributed by atoms with Gasteiger partial charge in [0, 0.05) is 32.7 Å². The lowest BCUT2D eigenvalue weighted by molar-refractivity contribution is 0.753. The van der Waals surface area contributed by atoms with E-state index in [1.54, 1.807) is 18.7 Å². The summed E-state index contributed by atoms with van der Waals surface area (Å²) in [6.45, 7) is 0.733. The molecule has 0 saturated heterocycles. The maximum atomic E-state index is 4.29. The van der Waals surface area contributed by atoms with Crippen molar-refractivity contribution in [3.8, 4) is 0 Å². The second kappa shape index (κ2) is 4.77. The van der Waals surface area contributed by atoms with Gasteiger partial charge in [-0.3, -0.25) is 0 Å². The molecule has 0 unspecified atom stereocenters. The van der Waals surface area contributed by atoms with Crippen molar-refractivity contribution in [3.05, 3.63) is 34.3 Å². The van der Waals surface area contributed by atoms with Crippen LogP contribution < -0.4 is 4.90 Å². The zero-order valence-corrected chi connectivity index (χ0v) is 11.3. The van der Waals surface area contributed by atoms with E-state index in [9.17, 15) is 0 Å². The second-order valence-electron chi connectivity index (χ2n) is 3.50. The molecule has 0 spiro atoms. The number of hydrogen-bond donors (Lipinski definition) is 0. The Morgan fingerprint density at radius 3 is 2.88 bits per heavy atom. The van der Waals surface area contributed by atoms with Gasteiger partial charge < -0.3 is 9.47 Å². The fraction of sp³-hybridized carbons (Fsp3) is 0.300. The van der Waals surface area contributed by atoms with Crippen molar-refractivity contribution in [2.75, 3.05) is 11.9 Å². The molecule has 0 fully saturated rings. The summed E-state index contributed by atoms with van der Waals surface area (Å²) in [7, 11) is 3.99. The maximum absolute atomic E-state index is 4.29. The van der Waals surface area contributed by atoms with E-state index in [4.69, 9.17) is 0 Å². The van der Waals surface area contributed by atoms with E-state index in [1.807, 2.05) is 24.9 Å². The highest BCUT2D eigenvalue weighted by atomic mass is 127. The second-order valence-corrected chi connectivity index (χ2v) is 4.67. The lowest BCUT2D eigenvalue weighted by Crippen LogP contribution is -2.21. The molecule has 0 aliphatic rings. The van der Waals surface area contributed by atoms with Crippen molar-refractivity contribution in [3.63, 3.8) is 0 Å². The Morgan fingerprint density at radius 1 is 1.44 bits per heavy atom. The largest absolute Gasteiger partial charge is 0.351 e. The van der Waals surface area contributed by atoms with E-state index < -0.39 is 0 Å². The molecule has 6 heteroatoms. The number of imidazole rings is 1. The van der Waals surface area contributed by atoms with E-state index in [-0.39, 0.29) is 0 Å². The molecule has 2 aromatic heterocycles. The summed E-state index contributed by atoms with van der Waals surface area (Å²) in [6, 6.07) is 0. The predicted octanol–water partition coefficient (Wildman–Crippen LogP) is 1.45. The minimum Gasteiger partial charge on any atom is -0.351 e. The minimum absolute atomic E-state index is 0.733. The molecular weight excluding hydrogens is 317 g/mol. The number of rotatable bonds is 3. The van der Waals surface area contributed by atoms with Crippen LogP contribution in [-0.2, 0) is 13.6 Å². The Balaban J connectivity index is 2.18. The van der Waals surface area contributed by atoms with Gasteiger partial charge in [-0.25, -0.2) is 15.0 Å². The molecule has 0 aromatic carbocycles. The van der Waals surface area contributed by atoms with Gasteiger partial charge in [-0.15, -0.1) is 0 Å². The number of halogens is 1. The minimum atomic E-state index is 0.733. The third kappa shape index (κ3) is 2.31. The van der Waals surface area contributed by atoms with Crippen molar-refractivity contribution in [2.45, 2.75) is 6.54 Å². The van der Waals surface area contributed by atoms with Crippen molar-refractivity contribution < 1.29 is 0 Å². The molecule has 0 saturated carbocycles. The normalized spacial score (nSPS) is 10.4. The number of aryl methyl sites for hydroxylation is 1. The summed E-state index contributed by atoms with van der Waals surface area (Å²) in [4.78, 5) is 14.6. The lowest BCUT2D eigenvalue weighted by Gasteiger charge is -2.18. The first-order chi connectivity index (χ1) is 7.68. The van der Waals surface area contributed by atoms with Gasteiger partial charge in [0.25, 0.3) is 0 Å². The number of hydrogen-bond acceptors (Lipinski definition) is 4. The summed E-state index contributed by atoms with van der Waals surface area (Å²) in [6.07, 6.45) is 7.10. The van der Waals surface area contributed by atoms with Gasteiger partial charge in [0.2, 0.25) is 0 Å². The van der Waals surface area contributed by atoms with Crippen LogP contribution in [-0.4, -0.2) is 26.6 Å². The topological polar surface area (TPSA) is 46.8 Å². The predicted molar refractivity (Wildman–Crippen MR) is 70.1 cm³/mol. The number of nitrogens with zero attached hydrogens (tertiary/aromatic N) is 5. The summed E-state index contributed by atoms with van der Waals surface area (Å²) >= 11 is 2.23. The molecule has 0 aliphatic carbocycles. The summed E-state index contributed by atoms with van der Waals surface area (Å²) < 4.78 is 3.04. The third-order valence-electron chi connectivity index (χ3n) is 2.31. The number of aromatic nitrogens is 4. The average Bonchev–Trinajstić information content (AvgIpc) is 2.65. The highest BCUT2D eigenvalue weighted by Gasteiger charge is 2.09. The molecular formula is C10H12IN5. The van der Waals surface area contributed by atoms with Gasteiger partial charge in [-0.1, -0.05) is 0 Å². The van der Waals surface area contributed by atoms with Crippen molar-refractivity contribution in [1.82, 2.24) is 19.5 Å². The SMILES string of the molecule is CN(Cc1nccn1C)c1ncncc1I. The highest BCUT2D eigenvalue weighted by molar-refractivity contribution is 14.1. The Morgan fingerprint density at radius 2 is 2.25 bits per heavy atom. The maximum Gasteiger partial charge on any atom is 0.145 e. The molecule has 16 heavy (non-hydrogen) atoms. The molecule has 84 valence electrons. The van der Waals surface area contributed by atoms with Gasteiger partial charge in [0.1, 0.15) is 18.0 Å². The summed E-state index contributed by atoms with van der Waals surface area (Å²) in [5.41, 5.74) is 0. The Bertz CT molecular complexity index is 482. The first-order valence-corrected chi connectivity index (χ1v) is 5.89. The molecule has 0 atom stereocenters. The first kappa shape index (κ1) is 11.3. The molecule has 2 aromatic rings. The van der Waals surface area contributed by atoms with Crippen LogP contribution in [0.3, 0.4) is 0 Å². The van der Waals surface area contributed by atoms with E-state index in [0.717, 1.165) is 21.8 Å².